The second kappa shape index (κ2) is 7.06. The second-order valence-corrected chi connectivity index (χ2v) is 5.01. The van der Waals surface area contributed by atoms with Crippen molar-refractivity contribution >= 4 is 41.8 Å². The second-order valence-electron chi connectivity index (χ2n) is 5.01. The predicted molar refractivity (Wildman–Crippen MR) is 86.5 cm³/mol. The third-order valence-corrected chi connectivity index (χ3v) is 3.75. The quantitative estimate of drug-likeness (QED) is 0.875. The molecule has 1 aliphatic rings. The number of nitrogens with zero attached hydrogens (tertiary/aromatic N) is 3. The summed E-state index contributed by atoms with van der Waals surface area (Å²) in [6, 6.07) is 2.14. The van der Waals surface area contributed by atoms with Crippen LogP contribution < -0.4 is 5.32 Å². The molecule has 0 aliphatic carbocycles. The monoisotopic (exact) mass is 331 g/mol. The van der Waals surface area contributed by atoms with Gasteiger partial charge >= 0.3 is 0 Å². The van der Waals surface area contributed by atoms with Crippen molar-refractivity contribution in [2.24, 2.45) is 0 Å². The molecule has 8 heteroatoms. The molecule has 2 aromatic rings. The van der Waals surface area contributed by atoms with Crippen LogP contribution in [-0.4, -0.2) is 52.2 Å². The molecule has 1 atom stereocenters. The molecule has 1 fully saturated rings. The van der Waals surface area contributed by atoms with Crippen molar-refractivity contribution in [1.29, 1.82) is 0 Å². The zero-order valence-electron chi connectivity index (χ0n) is 11.9. The molecule has 1 saturated heterocycles. The van der Waals surface area contributed by atoms with E-state index >= 15 is 0 Å². The van der Waals surface area contributed by atoms with Crippen molar-refractivity contribution in [3.05, 3.63) is 23.5 Å². The molecule has 6 nitrogen and oxygen atoms in total. The zero-order chi connectivity index (χ0) is 13.4. The Bertz CT molecular complexity index is 624. The van der Waals surface area contributed by atoms with Crippen LogP contribution in [0.1, 0.15) is 22.5 Å². The molecule has 21 heavy (non-hydrogen) atoms. The van der Waals surface area contributed by atoms with E-state index in [1.807, 2.05) is 20.0 Å². The molecule has 1 unspecified atom stereocenters. The van der Waals surface area contributed by atoms with E-state index < -0.39 is 0 Å². The van der Waals surface area contributed by atoms with Crippen molar-refractivity contribution in [2.45, 2.75) is 19.4 Å². The fourth-order valence-electron chi connectivity index (χ4n) is 2.48. The maximum Gasteiger partial charge on any atom is 0.255 e. The molecule has 0 aromatic carbocycles. The summed E-state index contributed by atoms with van der Waals surface area (Å²) < 4.78 is 0. The number of carbonyl (C=O) groups excluding carboxylic acids is 1. The van der Waals surface area contributed by atoms with Crippen molar-refractivity contribution in [1.82, 2.24) is 25.4 Å². The molecule has 2 N–H and O–H groups in total. The van der Waals surface area contributed by atoms with Crippen LogP contribution in [0, 0.1) is 6.92 Å². The first-order chi connectivity index (χ1) is 9.16. The number of aromatic nitrogens is 3. The van der Waals surface area contributed by atoms with Crippen molar-refractivity contribution in [3.63, 3.8) is 0 Å². The van der Waals surface area contributed by atoms with Crippen molar-refractivity contribution in [3.8, 4) is 0 Å². The summed E-state index contributed by atoms with van der Waals surface area (Å²) >= 11 is 0. The normalized spacial score (nSPS) is 17.1. The van der Waals surface area contributed by atoms with Gasteiger partial charge in [-0.15, -0.1) is 24.8 Å². The number of pyridine rings is 1. The van der Waals surface area contributed by atoms with Gasteiger partial charge in [0, 0.05) is 36.9 Å². The van der Waals surface area contributed by atoms with Crippen LogP contribution in [-0.2, 0) is 0 Å². The number of H-pyrrole nitrogens is 1. The van der Waals surface area contributed by atoms with Gasteiger partial charge in [-0.1, -0.05) is 0 Å². The van der Waals surface area contributed by atoms with E-state index in [0.29, 0.717) is 11.2 Å². The molecule has 0 bridgehead atoms. The standard InChI is InChI=1S/C13H17N5O.2ClH/c1-8-11-5-9(6-15-12(11)17-16-8)13(19)18(2)10-3-4-14-7-10;;/h5-6,10,14H,3-4,7H2,1-2H3,(H,15,16,17);2*1H. The number of hydrogen-bond acceptors (Lipinski definition) is 4. The molecule has 3 rings (SSSR count). The fourth-order valence-corrected chi connectivity index (χ4v) is 2.48. The number of aromatic amines is 1. The molecular weight excluding hydrogens is 313 g/mol. The predicted octanol–water partition coefficient (Wildman–Crippen LogP) is 1.54. The Hall–Kier alpha value is -1.37. The molecule has 1 aliphatic heterocycles. The third kappa shape index (κ3) is 3.28. The van der Waals surface area contributed by atoms with Crippen LogP contribution in [0.25, 0.3) is 11.0 Å². The van der Waals surface area contributed by atoms with E-state index in [9.17, 15) is 4.79 Å². The Labute approximate surface area is 135 Å². The number of aryl methyl sites for hydroxylation is 1. The Morgan fingerprint density at radius 3 is 2.86 bits per heavy atom. The van der Waals surface area contributed by atoms with Gasteiger partial charge in [0.2, 0.25) is 0 Å². The van der Waals surface area contributed by atoms with Gasteiger partial charge in [0.15, 0.2) is 5.65 Å². The van der Waals surface area contributed by atoms with Gasteiger partial charge < -0.3 is 10.2 Å². The highest BCUT2D eigenvalue weighted by Crippen LogP contribution is 2.17. The highest BCUT2D eigenvalue weighted by atomic mass is 35.5. The van der Waals surface area contributed by atoms with Gasteiger partial charge in [-0.2, -0.15) is 5.10 Å². The van der Waals surface area contributed by atoms with Crippen LogP contribution in [0.15, 0.2) is 12.3 Å². The molecule has 0 radical (unpaired) electrons. The van der Waals surface area contributed by atoms with Gasteiger partial charge in [-0.05, 0) is 26.0 Å². The van der Waals surface area contributed by atoms with Crippen LogP contribution in [0.3, 0.4) is 0 Å². The van der Waals surface area contributed by atoms with E-state index in [1.165, 1.54) is 0 Å². The van der Waals surface area contributed by atoms with Crippen LogP contribution >= 0.6 is 24.8 Å². The molecule has 3 heterocycles. The minimum Gasteiger partial charge on any atom is -0.337 e. The maximum absolute atomic E-state index is 12.4. The van der Waals surface area contributed by atoms with E-state index in [-0.39, 0.29) is 36.8 Å². The number of carbonyl (C=O) groups is 1. The molecule has 0 saturated carbocycles. The van der Waals surface area contributed by atoms with Gasteiger partial charge in [0.1, 0.15) is 0 Å². The molecule has 1 amide bonds. The lowest BCUT2D eigenvalue weighted by atomic mass is 10.1. The third-order valence-electron chi connectivity index (χ3n) is 3.75. The number of halogens is 2. The van der Waals surface area contributed by atoms with Crippen LogP contribution in [0.2, 0.25) is 0 Å². The highest BCUT2D eigenvalue weighted by molar-refractivity contribution is 5.97. The van der Waals surface area contributed by atoms with Gasteiger partial charge in [0.05, 0.1) is 5.56 Å². The Balaban J connectivity index is 0.00000110. The lowest BCUT2D eigenvalue weighted by molar-refractivity contribution is 0.0743. The minimum atomic E-state index is 0. The van der Waals surface area contributed by atoms with Crippen molar-refractivity contribution in [2.75, 3.05) is 20.1 Å². The largest absolute Gasteiger partial charge is 0.337 e. The summed E-state index contributed by atoms with van der Waals surface area (Å²) in [7, 11) is 1.85. The van der Waals surface area contributed by atoms with Gasteiger partial charge in [0.25, 0.3) is 5.91 Å². The van der Waals surface area contributed by atoms with E-state index in [2.05, 4.69) is 20.5 Å². The number of rotatable bonds is 2. The highest BCUT2D eigenvalue weighted by Gasteiger charge is 2.24. The SMILES string of the molecule is Cc1[nH]nc2ncc(C(=O)N(C)C3CCNC3)cc12.Cl.Cl. The molecular formula is C13H19Cl2N5O. The average Bonchev–Trinajstić information content (AvgIpc) is 3.07. The number of amides is 1. The first-order valence-electron chi connectivity index (χ1n) is 6.45. The van der Waals surface area contributed by atoms with Crippen LogP contribution in [0.4, 0.5) is 0 Å². The minimum absolute atomic E-state index is 0. The van der Waals surface area contributed by atoms with E-state index in [0.717, 1.165) is 30.6 Å². The average molecular weight is 332 g/mol. The Kier molecular flexibility index (Phi) is 5.95. The zero-order valence-corrected chi connectivity index (χ0v) is 13.6. The molecule has 0 spiro atoms. The number of fused-ring (bicyclic) bond motifs is 1. The molecule has 116 valence electrons. The van der Waals surface area contributed by atoms with E-state index in [1.54, 1.807) is 11.1 Å². The summed E-state index contributed by atoms with van der Waals surface area (Å²) in [5.41, 5.74) is 2.20. The summed E-state index contributed by atoms with van der Waals surface area (Å²) in [6.45, 7) is 3.76. The van der Waals surface area contributed by atoms with Crippen LogP contribution in [0.5, 0.6) is 0 Å². The van der Waals surface area contributed by atoms with Crippen molar-refractivity contribution < 1.29 is 4.79 Å². The first kappa shape index (κ1) is 17.7. The first-order valence-corrected chi connectivity index (χ1v) is 6.45. The van der Waals surface area contributed by atoms with Gasteiger partial charge in [-0.25, -0.2) is 4.98 Å². The lowest BCUT2D eigenvalue weighted by Gasteiger charge is -2.23. The van der Waals surface area contributed by atoms with Gasteiger partial charge in [-0.3, -0.25) is 9.89 Å². The Morgan fingerprint density at radius 2 is 2.19 bits per heavy atom. The summed E-state index contributed by atoms with van der Waals surface area (Å²) in [4.78, 5) is 18.5. The Morgan fingerprint density at radius 1 is 1.43 bits per heavy atom. The lowest BCUT2D eigenvalue weighted by Crippen LogP contribution is -2.38. The number of likely N-dealkylation sites (N-methyl/N-ethyl adjacent to an activating group) is 1. The smallest absolute Gasteiger partial charge is 0.255 e. The fraction of sp³-hybridized carbons (Fsp3) is 0.462. The topological polar surface area (TPSA) is 73.9 Å². The molecule has 2 aromatic heterocycles. The summed E-state index contributed by atoms with van der Waals surface area (Å²) in [6.07, 6.45) is 2.60. The van der Waals surface area contributed by atoms with E-state index in [4.69, 9.17) is 0 Å². The summed E-state index contributed by atoms with van der Waals surface area (Å²) in [5, 5.41) is 11.1. The summed E-state index contributed by atoms with van der Waals surface area (Å²) in [5.74, 6) is 0.0173. The number of hydrogen-bond donors (Lipinski definition) is 2. The number of nitrogens with one attached hydrogen (secondary N) is 2. The maximum atomic E-state index is 12.4.